The molecule has 0 radical (unpaired) electrons. The van der Waals surface area contributed by atoms with Gasteiger partial charge in [0.05, 0.1) is 12.2 Å². The van der Waals surface area contributed by atoms with E-state index < -0.39 is 0 Å². The van der Waals surface area contributed by atoms with E-state index in [1.54, 1.807) is 11.3 Å². The van der Waals surface area contributed by atoms with E-state index >= 15 is 0 Å². The van der Waals surface area contributed by atoms with Crippen molar-refractivity contribution < 1.29 is 4.74 Å². The van der Waals surface area contributed by atoms with Crippen LogP contribution in [0, 0.1) is 6.92 Å². The summed E-state index contributed by atoms with van der Waals surface area (Å²) in [4.78, 5) is 4.59. The molecule has 2 rings (SSSR count). The predicted octanol–water partition coefficient (Wildman–Crippen LogP) is 4.16. The number of thiazole rings is 1. The van der Waals surface area contributed by atoms with Crippen LogP contribution in [-0.2, 0) is 11.3 Å². The van der Waals surface area contributed by atoms with Crippen LogP contribution in [0.15, 0.2) is 29.6 Å². The molecule has 19 heavy (non-hydrogen) atoms. The van der Waals surface area contributed by atoms with Gasteiger partial charge in [0, 0.05) is 17.7 Å². The molecule has 0 aliphatic carbocycles. The Kier molecular flexibility index (Phi) is 4.93. The summed E-state index contributed by atoms with van der Waals surface area (Å²) >= 11 is 1.66. The second kappa shape index (κ2) is 6.68. The number of aromatic nitrogens is 1. The predicted molar refractivity (Wildman–Crippen MR) is 80.7 cm³/mol. The van der Waals surface area contributed by atoms with Crippen LogP contribution in [0.5, 0.6) is 0 Å². The van der Waals surface area contributed by atoms with E-state index in [0.717, 1.165) is 29.5 Å². The number of ether oxygens (including phenoxy) is 1. The molecule has 0 bridgehead atoms. The van der Waals surface area contributed by atoms with Gasteiger partial charge in [-0.2, -0.15) is 0 Å². The van der Waals surface area contributed by atoms with Gasteiger partial charge in [-0.1, -0.05) is 17.7 Å². The summed E-state index contributed by atoms with van der Waals surface area (Å²) in [5.41, 5.74) is 3.46. The number of nitrogens with one attached hydrogen (secondary N) is 1. The van der Waals surface area contributed by atoms with Crippen molar-refractivity contribution in [2.45, 2.75) is 33.4 Å². The molecule has 4 heteroatoms. The Morgan fingerprint density at radius 2 is 2.05 bits per heavy atom. The van der Waals surface area contributed by atoms with E-state index in [0.29, 0.717) is 0 Å². The summed E-state index contributed by atoms with van der Waals surface area (Å²) < 4.78 is 5.54. The van der Waals surface area contributed by atoms with Gasteiger partial charge in [0.1, 0.15) is 11.1 Å². The topological polar surface area (TPSA) is 34.1 Å². The largest absolute Gasteiger partial charge is 0.379 e. The van der Waals surface area contributed by atoms with Gasteiger partial charge in [-0.3, -0.25) is 0 Å². The van der Waals surface area contributed by atoms with Gasteiger partial charge in [0.15, 0.2) is 0 Å². The minimum atomic E-state index is 0.0862. The van der Waals surface area contributed by atoms with Crippen molar-refractivity contribution in [2.24, 2.45) is 0 Å². The Labute approximate surface area is 118 Å². The number of aryl methyl sites for hydroxylation is 1. The molecule has 102 valence electrons. The third-order valence-electron chi connectivity index (χ3n) is 2.86. The second-order valence-corrected chi connectivity index (χ2v) is 5.38. The summed E-state index contributed by atoms with van der Waals surface area (Å²) in [6.45, 7) is 7.60. The molecule has 1 unspecified atom stereocenters. The Morgan fingerprint density at radius 1 is 1.32 bits per heavy atom. The van der Waals surface area contributed by atoms with Crippen molar-refractivity contribution in [3.05, 3.63) is 45.9 Å². The lowest BCUT2D eigenvalue weighted by molar-refractivity contribution is 0.0761. The molecule has 1 N–H and O–H groups in total. The van der Waals surface area contributed by atoms with Crippen molar-refractivity contribution in [2.75, 3.05) is 11.9 Å². The fraction of sp³-hybridized carbons (Fsp3) is 0.400. The zero-order chi connectivity index (χ0) is 13.7. The number of hydrogen-bond donors (Lipinski definition) is 1. The summed E-state index contributed by atoms with van der Waals surface area (Å²) in [7, 11) is 0. The molecule has 1 aromatic carbocycles. The minimum Gasteiger partial charge on any atom is -0.379 e. The fourth-order valence-electron chi connectivity index (χ4n) is 1.78. The maximum absolute atomic E-state index is 5.54. The van der Waals surface area contributed by atoms with Gasteiger partial charge in [0.2, 0.25) is 0 Å². The normalized spacial score (nSPS) is 12.4. The number of rotatable bonds is 6. The van der Waals surface area contributed by atoms with E-state index in [-0.39, 0.29) is 6.10 Å². The zero-order valence-corrected chi connectivity index (χ0v) is 12.5. The highest BCUT2D eigenvalue weighted by Crippen LogP contribution is 2.21. The van der Waals surface area contributed by atoms with Crippen LogP contribution < -0.4 is 5.32 Å². The van der Waals surface area contributed by atoms with Crippen molar-refractivity contribution in [1.82, 2.24) is 4.98 Å². The Hall–Kier alpha value is -1.39. The third-order valence-corrected chi connectivity index (χ3v) is 3.91. The van der Waals surface area contributed by atoms with E-state index in [9.17, 15) is 0 Å². The lowest BCUT2D eigenvalue weighted by Gasteiger charge is -2.07. The Bertz CT molecular complexity index is 507. The average molecular weight is 276 g/mol. The van der Waals surface area contributed by atoms with Gasteiger partial charge in [-0.15, -0.1) is 11.3 Å². The first kappa shape index (κ1) is 14.0. The Balaban J connectivity index is 1.91. The highest BCUT2D eigenvalue weighted by atomic mass is 32.1. The molecule has 0 spiro atoms. The standard InChI is InChI=1S/C15H20N2OS/c1-4-18-12(3)15-17-14(10-19-15)9-16-13-7-5-11(2)6-8-13/h5-8,10,12,16H,4,9H2,1-3H3. The highest BCUT2D eigenvalue weighted by molar-refractivity contribution is 7.09. The van der Waals surface area contributed by atoms with Crippen molar-refractivity contribution >= 4 is 17.0 Å². The van der Waals surface area contributed by atoms with E-state index in [1.165, 1.54) is 5.56 Å². The maximum atomic E-state index is 5.54. The number of hydrogen-bond acceptors (Lipinski definition) is 4. The summed E-state index contributed by atoms with van der Waals surface area (Å²) in [6, 6.07) is 8.38. The maximum Gasteiger partial charge on any atom is 0.122 e. The average Bonchev–Trinajstić information content (AvgIpc) is 2.87. The van der Waals surface area contributed by atoms with Crippen LogP contribution >= 0.6 is 11.3 Å². The number of benzene rings is 1. The Morgan fingerprint density at radius 3 is 2.74 bits per heavy atom. The summed E-state index contributed by atoms with van der Waals surface area (Å²) in [5.74, 6) is 0. The highest BCUT2D eigenvalue weighted by Gasteiger charge is 2.09. The molecule has 2 aromatic rings. The minimum absolute atomic E-state index is 0.0862. The molecule has 3 nitrogen and oxygen atoms in total. The van der Waals surface area contributed by atoms with Crippen molar-refractivity contribution in [3.63, 3.8) is 0 Å². The van der Waals surface area contributed by atoms with Gasteiger partial charge >= 0.3 is 0 Å². The van der Waals surface area contributed by atoms with Crippen LogP contribution in [-0.4, -0.2) is 11.6 Å². The zero-order valence-electron chi connectivity index (χ0n) is 11.6. The van der Waals surface area contributed by atoms with Gasteiger partial charge in [0.25, 0.3) is 0 Å². The molecule has 1 atom stereocenters. The SMILES string of the molecule is CCOC(C)c1nc(CNc2ccc(C)cc2)cs1. The monoisotopic (exact) mass is 276 g/mol. The lowest BCUT2D eigenvalue weighted by atomic mass is 10.2. The molecule has 1 heterocycles. The molecule has 1 aromatic heterocycles. The second-order valence-electron chi connectivity index (χ2n) is 4.49. The van der Waals surface area contributed by atoms with Gasteiger partial charge in [-0.05, 0) is 32.9 Å². The fourth-order valence-corrected chi connectivity index (χ4v) is 2.60. The quantitative estimate of drug-likeness (QED) is 0.860. The van der Waals surface area contributed by atoms with Gasteiger partial charge < -0.3 is 10.1 Å². The molecule has 0 aliphatic heterocycles. The molecule has 0 saturated carbocycles. The van der Waals surface area contributed by atoms with Crippen LogP contribution in [0.2, 0.25) is 0 Å². The van der Waals surface area contributed by atoms with Crippen molar-refractivity contribution in [3.8, 4) is 0 Å². The number of nitrogens with zero attached hydrogens (tertiary/aromatic N) is 1. The van der Waals surface area contributed by atoms with Crippen molar-refractivity contribution in [1.29, 1.82) is 0 Å². The van der Waals surface area contributed by atoms with Crippen LogP contribution in [0.25, 0.3) is 0 Å². The first-order chi connectivity index (χ1) is 9.19. The first-order valence-electron chi connectivity index (χ1n) is 6.55. The van der Waals surface area contributed by atoms with Crippen LogP contribution in [0.1, 0.15) is 36.2 Å². The van der Waals surface area contributed by atoms with Crippen LogP contribution in [0.3, 0.4) is 0 Å². The summed E-state index contributed by atoms with van der Waals surface area (Å²) in [5, 5.41) is 6.51. The molecule has 0 saturated heterocycles. The molecule has 0 amide bonds. The summed E-state index contributed by atoms with van der Waals surface area (Å²) in [6.07, 6.45) is 0.0862. The third kappa shape index (κ3) is 4.04. The smallest absolute Gasteiger partial charge is 0.122 e. The molecular formula is C15H20N2OS. The first-order valence-corrected chi connectivity index (χ1v) is 7.43. The lowest BCUT2D eigenvalue weighted by Crippen LogP contribution is -2.02. The number of anilines is 1. The van der Waals surface area contributed by atoms with E-state index in [2.05, 4.69) is 46.9 Å². The molecule has 0 aliphatic rings. The molecule has 0 fully saturated rings. The van der Waals surface area contributed by atoms with Gasteiger partial charge in [-0.25, -0.2) is 4.98 Å². The van der Waals surface area contributed by atoms with E-state index in [1.807, 2.05) is 13.8 Å². The van der Waals surface area contributed by atoms with E-state index in [4.69, 9.17) is 4.74 Å². The molecular weight excluding hydrogens is 256 g/mol. The van der Waals surface area contributed by atoms with Crippen LogP contribution in [0.4, 0.5) is 5.69 Å².